The molecule has 0 saturated heterocycles. The molecule has 1 atom stereocenters. The summed E-state index contributed by atoms with van der Waals surface area (Å²) in [6.45, 7) is 4.72. The molecule has 42 heavy (non-hydrogen) atoms. The van der Waals surface area contributed by atoms with Gasteiger partial charge in [-0.2, -0.15) is 0 Å². The molecule has 3 aromatic rings. The number of sulfonamides is 1. The Labute approximate surface area is 245 Å². The lowest BCUT2D eigenvalue weighted by Gasteiger charge is -2.29. The topological polar surface area (TPSA) is 171 Å². The number of nitrogens with one attached hydrogen (secondary N) is 2. The van der Waals surface area contributed by atoms with Gasteiger partial charge in [-0.15, -0.1) is 10.2 Å². The SMILES string of the molecule is CC(C)(N)C(=O)N[C@H](COCc1ccccc1)c1nnc2n1CCN(C(=O)OCCc1ccccc1NS(C)(=O)=O)C2. The van der Waals surface area contributed by atoms with Gasteiger partial charge in [0.1, 0.15) is 6.04 Å². The van der Waals surface area contributed by atoms with Crippen LogP contribution in [-0.4, -0.2) is 71.6 Å². The molecular formula is C28H37N7O6S. The van der Waals surface area contributed by atoms with E-state index in [1.165, 1.54) is 4.90 Å². The van der Waals surface area contributed by atoms with E-state index in [0.29, 0.717) is 49.0 Å². The number of carbonyl (C=O) groups excluding carboxylic acids is 2. The maximum Gasteiger partial charge on any atom is 0.410 e. The lowest BCUT2D eigenvalue weighted by Crippen LogP contribution is -2.51. The van der Waals surface area contributed by atoms with Gasteiger partial charge >= 0.3 is 6.09 Å². The van der Waals surface area contributed by atoms with Crippen LogP contribution in [0.1, 0.15) is 42.7 Å². The van der Waals surface area contributed by atoms with Crippen LogP contribution >= 0.6 is 0 Å². The average molecular weight is 600 g/mol. The molecule has 2 amide bonds. The first-order chi connectivity index (χ1) is 19.9. The molecule has 0 saturated carbocycles. The molecule has 2 heterocycles. The van der Waals surface area contributed by atoms with Gasteiger partial charge in [0.05, 0.1) is 43.8 Å². The van der Waals surface area contributed by atoms with E-state index < -0.39 is 27.7 Å². The maximum absolute atomic E-state index is 12.8. The Kier molecular flexibility index (Phi) is 9.81. The number of nitrogens with zero attached hydrogens (tertiary/aromatic N) is 4. The first-order valence-corrected chi connectivity index (χ1v) is 15.4. The zero-order valence-electron chi connectivity index (χ0n) is 23.9. The van der Waals surface area contributed by atoms with Gasteiger partial charge in [0, 0.05) is 19.5 Å². The third-order valence-electron chi connectivity index (χ3n) is 6.55. The Morgan fingerprint density at radius 1 is 1.07 bits per heavy atom. The third-order valence-corrected chi connectivity index (χ3v) is 7.14. The fourth-order valence-electron chi connectivity index (χ4n) is 4.36. The van der Waals surface area contributed by atoms with Crippen molar-refractivity contribution in [3.8, 4) is 0 Å². The van der Waals surface area contributed by atoms with Crippen molar-refractivity contribution < 1.29 is 27.5 Å². The Hall–Kier alpha value is -4.01. The van der Waals surface area contributed by atoms with Crippen molar-refractivity contribution in [1.82, 2.24) is 25.0 Å². The monoisotopic (exact) mass is 599 g/mol. The number of benzene rings is 2. The van der Waals surface area contributed by atoms with E-state index >= 15 is 0 Å². The minimum atomic E-state index is -3.44. The highest BCUT2D eigenvalue weighted by molar-refractivity contribution is 7.92. The van der Waals surface area contributed by atoms with Crippen molar-refractivity contribution in [2.24, 2.45) is 5.73 Å². The molecule has 1 aliphatic heterocycles. The van der Waals surface area contributed by atoms with Gasteiger partial charge in [0.2, 0.25) is 15.9 Å². The number of hydrogen-bond acceptors (Lipinski definition) is 9. The first-order valence-electron chi connectivity index (χ1n) is 13.5. The van der Waals surface area contributed by atoms with E-state index in [4.69, 9.17) is 15.2 Å². The van der Waals surface area contributed by atoms with E-state index in [2.05, 4.69) is 20.2 Å². The van der Waals surface area contributed by atoms with Crippen molar-refractivity contribution >= 4 is 27.7 Å². The molecule has 14 heteroatoms. The fraction of sp³-hybridized carbons (Fsp3) is 0.429. The van der Waals surface area contributed by atoms with Crippen LogP contribution < -0.4 is 15.8 Å². The van der Waals surface area contributed by atoms with Gasteiger partial charge in [-0.1, -0.05) is 48.5 Å². The molecule has 0 bridgehead atoms. The Morgan fingerprint density at radius 3 is 2.50 bits per heavy atom. The van der Waals surface area contributed by atoms with E-state index in [1.807, 2.05) is 34.9 Å². The molecule has 1 aromatic heterocycles. The number of carbonyl (C=O) groups is 2. The number of fused-ring (bicyclic) bond motifs is 1. The second kappa shape index (κ2) is 13.3. The molecule has 4 N–H and O–H groups in total. The highest BCUT2D eigenvalue weighted by Gasteiger charge is 2.32. The Balaban J connectivity index is 1.38. The number of aromatic nitrogens is 3. The molecule has 0 radical (unpaired) electrons. The van der Waals surface area contributed by atoms with Gasteiger partial charge in [0.25, 0.3) is 0 Å². The second-order valence-corrected chi connectivity index (χ2v) is 12.4. The van der Waals surface area contributed by atoms with Crippen LogP contribution in [0.3, 0.4) is 0 Å². The zero-order valence-corrected chi connectivity index (χ0v) is 24.8. The molecule has 0 aliphatic carbocycles. The smallest absolute Gasteiger partial charge is 0.410 e. The van der Waals surface area contributed by atoms with Gasteiger partial charge in [0.15, 0.2) is 11.6 Å². The predicted octanol–water partition coefficient (Wildman–Crippen LogP) is 1.96. The summed E-state index contributed by atoms with van der Waals surface area (Å²) in [5, 5.41) is 11.5. The number of amides is 2. The number of hydrogen-bond donors (Lipinski definition) is 3. The first kappa shape index (κ1) is 30.9. The summed E-state index contributed by atoms with van der Waals surface area (Å²) >= 11 is 0. The Morgan fingerprint density at radius 2 is 1.79 bits per heavy atom. The normalized spacial score (nSPS) is 14.1. The summed E-state index contributed by atoms with van der Waals surface area (Å²) in [6, 6.07) is 16.0. The quantitative estimate of drug-likeness (QED) is 0.281. The molecule has 0 spiro atoms. The Bertz CT molecular complexity index is 1490. The fourth-order valence-corrected chi connectivity index (χ4v) is 4.96. The molecule has 4 rings (SSSR count). The summed E-state index contributed by atoms with van der Waals surface area (Å²) in [5.74, 6) is 0.700. The van der Waals surface area contributed by atoms with E-state index in [0.717, 1.165) is 11.8 Å². The highest BCUT2D eigenvalue weighted by atomic mass is 32.2. The van der Waals surface area contributed by atoms with E-state index in [9.17, 15) is 18.0 Å². The summed E-state index contributed by atoms with van der Waals surface area (Å²) in [6.07, 6.45) is 0.901. The lowest BCUT2D eigenvalue weighted by atomic mass is 10.1. The van der Waals surface area contributed by atoms with Gasteiger partial charge in [-0.25, -0.2) is 13.2 Å². The van der Waals surface area contributed by atoms with Crippen LogP contribution in [0, 0.1) is 0 Å². The number of anilines is 1. The van der Waals surface area contributed by atoms with Crippen LogP contribution in [0.25, 0.3) is 0 Å². The second-order valence-electron chi connectivity index (χ2n) is 10.7. The van der Waals surface area contributed by atoms with Gasteiger partial charge in [-0.3, -0.25) is 14.4 Å². The van der Waals surface area contributed by atoms with Crippen molar-refractivity contribution in [3.63, 3.8) is 0 Å². The molecule has 13 nitrogen and oxygen atoms in total. The summed E-state index contributed by atoms with van der Waals surface area (Å²) < 4.78 is 39.0. The molecule has 0 unspecified atom stereocenters. The van der Waals surface area contributed by atoms with Crippen LogP contribution in [0.15, 0.2) is 54.6 Å². The molecular weight excluding hydrogens is 562 g/mol. The predicted molar refractivity (Wildman–Crippen MR) is 156 cm³/mol. The number of rotatable bonds is 12. The van der Waals surface area contributed by atoms with Crippen molar-refractivity contribution in [2.75, 3.05) is 30.7 Å². The standard InChI is InChI=1S/C28H37N7O6S/c1-28(2,29)26(36)30-23(19-40-18-20-9-5-4-6-10-20)25-32-31-24-17-34(14-15-35(24)25)27(37)41-16-13-21-11-7-8-12-22(21)33-42(3,38)39/h4-12,23,33H,13-19,29H2,1-3H3,(H,30,36)/t23-/m1/s1. The van der Waals surface area contributed by atoms with Crippen LogP contribution in [0.5, 0.6) is 0 Å². The van der Waals surface area contributed by atoms with Gasteiger partial charge < -0.3 is 25.1 Å². The lowest BCUT2D eigenvalue weighted by molar-refractivity contribution is -0.126. The van der Waals surface area contributed by atoms with Crippen molar-refractivity contribution in [1.29, 1.82) is 0 Å². The number of nitrogens with two attached hydrogens (primary N) is 1. The minimum Gasteiger partial charge on any atom is -0.449 e. The summed E-state index contributed by atoms with van der Waals surface area (Å²) in [7, 11) is -3.44. The van der Waals surface area contributed by atoms with Gasteiger partial charge in [-0.05, 0) is 31.0 Å². The number of ether oxygens (including phenoxy) is 2. The highest BCUT2D eigenvalue weighted by Crippen LogP contribution is 2.21. The van der Waals surface area contributed by atoms with E-state index in [1.54, 1.807) is 38.1 Å². The maximum atomic E-state index is 12.8. The van der Waals surface area contributed by atoms with Crippen LogP contribution in [0.4, 0.5) is 10.5 Å². The minimum absolute atomic E-state index is 0.0669. The average Bonchev–Trinajstić information content (AvgIpc) is 3.36. The van der Waals surface area contributed by atoms with Crippen molar-refractivity contribution in [2.45, 2.75) is 51.5 Å². The molecule has 1 aliphatic rings. The summed E-state index contributed by atoms with van der Waals surface area (Å²) in [5.41, 5.74) is 7.06. The van der Waals surface area contributed by atoms with Crippen LogP contribution in [-0.2, 0) is 50.4 Å². The van der Waals surface area contributed by atoms with Crippen molar-refractivity contribution in [3.05, 3.63) is 77.4 Å². The summed E-state index contributed by atoms with van der Waals surface area (Å²) in [4.78, 5) is 27.1. The number of para-hydroxylation sites is 1. The van der Waals surface area contributed by atoms with Crippen LogP contribution in [0.2, 0.25) is 0 Å². The largest absolute Gasteiger partial charge is 0.449 e. The molecule has 2 aromatic carbocycles. The molecule has 0 fully saturated rings. The van der Waals surface area contributed by atoms with E-state index in [-0.39, 0.29) is 25.7 Å². The zero-order chi connectivity index (χ0) is 30.3. The third kappa shape index (κ3) is 8.50. The molecule has 226 valence electrons.